The second-order valence-electron chi connectivity index (χ2n) is 5.11. The van der Waals surface area contributed by atoms with Gasteiger partial charge in [-0.25, -0.2) is 0 Å². The molecule has 1 fully saturated rings. The van der Waals surface area contributed by atoms with Crippen molar-refractivity contribution in [1.82, 2.24) is 5.32 Å². The quantitative estimate of drug-likeness (QED) is 0.859. The van der Waals surface area contributed by atoms with Gasteiger partial charge >= 0.3 is 0 Å². The average Bonchev–Trinajstić information content (AvgIpc) is 2.41. The molecule has 2 atom stereocenters. The summed E-state index contributed by atoms with van der Waals surface area (Å²) < 4.78 is 6.20. The number of hydrogen-bond donors (Lipinski definition) is 1. The summed E-state index contributed by atoms with van der Waals surface area (Å²) in [6.07, 6.45) is 6.44. The minimum absolute atomic E-state index is 0.339. The Morgan fingerprint density at radius 2 is 2.06 bits per heavy atom. The highest BCUT2D eigenvalue weighted by Crippen LogP contribution is 2.24. The van der Waals surface area contributed by atoms with Gasteiger partial charge in [-0.1, -0.05) is 32.4 Å². The van der Waals surface area contributed by atoms with Crippen molar-refractivity contribution in [2.75, 3.05) is 6.54 Å². The summed E-state index contributed by atoms with van der Waals surface area (Å²) >= 11 is 0. The minimum Gasteiger partial charge on any atom is -0.489 e. The van der Waals surface area contributed by atoms with Crippen LogP contribution in [0.3, 0.4) is 0 Å². The van der Waals surface area contributed by atoms with Crippen LogP contribution in [0.1, 0.15) is 45.1 Å². The molecule has 0 aromatic heterocycles. The van der Waals surface area contributed by atoms with Gasteiger partial charge in [0, 0.05) is 6.04 Å². The van der Waals surface area contributed by atoms with Crippen molar-refractivity contribution in [1.29, 1.82) is 0 Å². The molecule has 100 valence electrons. The van der Waals surface area contributed by atoms with Crippen molar-refractivity contribution in [2.45, 2.75) is 58.1 Å². The number of ether oxygens (including phenoxy) is 1. The summed E-state index contributed by atoms with van der Waals surface area (Å²) in [4.78, 5) is 0. The zero-order valence-corrected chi connectivity index (χ0v) is 11.6. The van der Waals surface area contributed by atoms with E-state index in [1.807, 2.05) is 0 Å². The van der Waals surface area contributed by atoms with Gasteiger partial charge in [0.25, 0.3) is 0 Å². The number of nitrogens with one attached hydrogen (secondary N) is 1. The lowest BCUT2D eigenvalue weighted by molar-refractivity contribution is 0.115. The van der Waals surface area contributed by atoms with Crippen molar-refractivity contribution in [2.24, 2.45) is 0 Å². The molecule has 1 aromatic carbocycles. The van der Waals surface area contributed by atoms with E-state index in [4.69, 9.17) is 4.74 Å². The van der Waals surface area contributed by atoms with Crippen LogP contribution in [0.5, 0.6) is 5.75 Å². The predicted molar refractivity (Wildman–Crippen MR) is 76.2 cm³/mol. The van der Waals surface area contributed by atoms with Gasteiger partial charge in [-0.2, -0.15) is 0 Å². The minimum atomic E-state index is 0.339. The third kappa shape index (κ3) is 3.49. The Hall–Kier alpha value is -1.02. The normalized spacial score (nSPS) is 23.9. The number of likely N-dealkylation sites (N-methyl/N-ethyl adjacent to an activating group) is 1. The van der Waals surface area contributed by atoms with Crippen LogP contribution in [-0.2, 0) is 6.42 Å². The van der Waals surface area contributed by atoms with Crippen LogP contribution >= 0.6 is 0 Å². The summed E-state index contributed by atoms with van der Waals surface area (Å²) in [5.41, 5.74) is 1.35. The molecule has 18 heavy (non-hydrogen) atoms. The van der Waals surface area contributed by atoms with Crippen LogP contribution in [0.4, 0.5) is 0 Å². The third-order valence-corrected chi connectivity index (χ3v) is 3.76. The summed E-state index contributed by atoms with van der Waals surface area (Å²) in [7, 11) is 0. The fourth-order valence-corrected chi connectivity index (χ4v) is 2.75. The molecule has 2 unspecified atom stereocenters. The van der Waals surface area contributed by atoms with Crippen LogP contribution < -0.4 is 10.1 Å². The zero-order valence-electron chi connectivity index (χ0n) is 11.6. The van der Waals surface area contributed by atoms with E-state index in [0.29, 0.717) is 12.1 Å². The first kappa shape index (κ1) is 13.4. The van der Waals surface area contributed by atoms with Crippen LogP contribution in [0.2, 0.25) is 0 Å². The van der Waals surface area contributed by atoms with E-state index in [-0.39, 0.29) is 0 Å². The van der Waals surface area contributed by atoms with E-state index in [2.05, 4.69) is 43.4 Å². The highest BCUT2D eigenvalue weighted by Gasteiger charge is 2.25. The van der Waals surface area contributed by atoms with Gasteiger partial charge < -0.3 is 10.1 Å². The molecule has 0 heterocycles. The molecule has 1 aliphatic carbocycles. The van der Waals surface area contributed by atoms with Crippen molar-refractivity contribution in [3.63, 3.8) is 0 Å². The fraction of sp³-hybridized carbons (Fsp3) is 0.625. The molecule has 1 saturated carbocycles. The number of rotatable bonds is 5. The number of hydrogen-bond acceptors (Lipinski definition) is 2. The lowest BCUT2D eigenvalue weighted by atomic mass is 9.92. The van der Waals surface area contributed by atoms with Crippen LogP contribution in [0, 0.1) is 0 Å². The molecule has 2 nitrogen and oxygen atoms in total. The van der Waals surface area contributed by atoms with Gasteiger partial charge in [0.2, 0.25) is 0 Å². The van der Waals surface area contributed by atoms with Gasteiger partial charge in [-0.05, 0) is 49.9 Å². The molecule has 2 rings (SSSR count). The number of aryl methyl sites for hydroxylation is 1. The highest BCUT2D eigenvalue weighted by atomic mass is 16.5. The molecular weight excluding hydrogens is 222 g/mol. The van der Waals surface area contributed by atoms with E-state index in [1.165, 1.54) is 31.2 Å². The van der Waals surface area contributed by atoms with E-state index in [9.17, 15) is 0 Å². The Kier molecular flexibility index (Phi) is 5.06. The molecule has 0 spiro atoms. The van der Waals surface area contributed by atoms with Gasteiger partial charge in [0.05, 0.1) is 0 Å². The predicted octanol–water partition coefficient (Wildman–Crippen LogP) is 3.55. The Balaban J connectivity index is 2.01. The maximum Gasteiger partial charge on any atom is 0.120 e. The number of benzene rings is 1. The fourth-order valence-electron chi connectivity index (χ4n) is 2.75. The van der Waals surface area contributed by atoms with Gasteiger partial charge in [0.1, 0.15) is 11.9 Å². The summed E-state index contributed by atoms with van der Waals surface area (Å²) in [5, 5.41) is 3.56. The topological polar surface area (TPSA) is 21.3 Å². The smallest absolute Gasteiger partial charge is 0.120 e. The molecule has 0 bridgehead atoms. The standard InChI is InChI=1S/C16H25NO/c1-3-13-8-7-9-14(12-13)18-16-11-6-5-10-15(16)17-4-2/h7-9,12,15-17H,3-6,10-11H2,1-2H3. The molecule has 0 amide bonds. The Morgan fingerprint density at radius 1 is 1.22 bits per heavy atom. The lowest BCUT2D eigenvalue weighted by Gasteiger charge is -2.32. The molecule has 2 heteroatoms. The zero-order chi connectivity index (χ0) is 12.8. The monoisotopic (exact) mass is 247 g/mol. The molecule has 1 N–H and O–H groups in total. The summed E-state index contributed by atoms with van der Waals surface area (Å²) in [6.45, 7) is 5.38. The van der Waals surface area contributed by atoms with E-state index < -0.39 is 0 Å². The van der Waals surface area contributed by atoms with Gasteiger partial charge in [0.15, 0.2) is 0 Å². The molecule has 0 saturated heterocycles. The molecular formula is C16H25NO. The van der Waals surface area contributed by atoms with Gasteiger partial charge in [-0.15, -0.1) is 0 Å². The van der Waals surface area contributed by atoms with Crippen LogP contribution in [0.15, 0.2) is 24.3 Å². The molecule has 0 radical (unpaired) electrons. The van der Waals surface area contributed by atoms with Crippen LogP contribution in [0.25, 0.3) is 0 Å². The van der Waals surface area contributed by atoms with E-state index >= 15 is 0 Å². The lowest BCUT2D eigenvalue weighted by Crippen LogP contribution is -2.45. The first-order chi connectivity index (χ1) is 8.83. The Morgan fingerprint density at radius 3 is 2.83 bits per heavy atom. The maximum atomic E-state index is 6.20. The molecule has 1 aromatic rings. The Bertz CT molecular complexity index is 362. The average molecular weight is 247 g/mol. The van der Waals surface area contributed by atoms with E-state index in [1.54, 1.807) is 0 Å². The Labute approximate surface area is 111 Å². The largest absolute Gasteiger partial charge is 0.489 e. The first-order valence-electron chi connectivity index (χ1n) is 7.32. The first-order valence-corrected chi connectivity index (χ1v) is 7.32. The molecule has 1 aliphatic rings. The van der Waals surface area contributed by atoms with Crippen molar-refractivity contribution < 1.29 is 4.74 Å². The maximum absolute atomic E-state index is 6.20. The second-order valence-corrected chi connectivity index (χ2v) is 5.11. The summed E-state index contributed by atoms with van der Waals surface area (Å²) in [5.74, 6) is 1.03. The summed E-state index contributed by atoms with van der Waals surface area (Å²) in [6, 6.07) is 9.04. The van der Waals surface area contributed by atoms with Gasteiger partial charge in [-0.3, -0.25) is 0 Å². The van der Waals surface area contributed by atoms with Crippen molar-refractivity contribution >= 4 is 0 Å². The third-order valence-electron chi connectivity index (χ3n) is 3.76. The van der Waals surface area contributed by atoms with Crippen molar-refractivity contribution in [3.8, 4) is 5.75 Å². The second kappa shape index (κ2) is 6.79. The molecule has 0 aliphatic heterocycles. The highest BCUT2D eigenvalue weighted by molar-refractivity contribution is 5.28. The SMILES string of the molecule is CCNC1CCCCC1Oc1cccc(CC)c1. The van der Waals surface area contributed by atoms with E-state index in [0.717, 1.165) is 18.7 Å². The van der Waals surface area contributed by atoms with Crippen molar-refractivity contribution in [3.05, 3.63) is 29.8 Å². The van der Waals surface area contributed by atoms with Crippen LogP contribution in [-0.4, -0.2) is 18.7 Å².